The van der Waals surface area contributed by atoms with Gasteiger partial charge in [0.05, 0.1) is 23.6 Å². The molecule has 0 radical (unpaired) electrons. The summed E-state index contributed by atoms with van der Waals surface area (Å²) in [6.07, 6.45) is 0.0654. The Kier molecular flexibility index (Phi) is 5.19. The van der Waals surface area contributed by atoms with Gasteiger partial charge in [-0.25, -0.2) is 4.39 Å². The Labute approximate surface area is 103 Å². The number of nitrogens with one attached hydrogen (secondary N) is 1. The number of benzene rings is 1. The van der Waals surface area contributed by atoms with Gasteiger partial charge in [-0.1, -0.05) is 0 Å². The van der Waals surface area contributed by atoms with Gasteiger partial charge in [0.2, 0.25) is 5.91 Å². The Bertz CT molecular complexity index is 451. The minimum Gasteiger partial charge on any atom is -0.381 e. The van der Waals surface area contributed by atoms with Gasteiger partial charge in [-0.3, -0.25) is 14.9 Å². The van der Waals surface area contributed by atoms with Crippen LogP contribution in [0.5, 0.6) is 0 Å². The zero-order valence-electron chi connectivity index (χ0n) is 9.81. The molecule has 1 N–H and O–H groups in total. The van der Waals surface area contributed by atoms with Crippen LogP contribution in [0.2, 0.25) is 0 Å². The van der Waals surface area contributed by atoms with Crippen LogP contribution in [0.4, 0.5) is 15.8 Å². The highest BCUT2D eigenvalue weighted by molar-refractivity contribution is 5.91. The summed E-state index contributed by atoms with van der Waals surface area (Å²) in [4.78, 5) is 21.2. The number of nitro groups is 1. The average Bonchev–Trinajstić information content (AvgIpc) is 2.32. The molecule has 0 unspecified atom stereocenters. The highest BCUT2D eigenvalue weighted by Crippen LogP contribution is 2.21. The van der Waals surface area contributed by atoms with Crippen molar-refractivity contribution in [2.45, 2.75) is 13.3 Å². The third-order valence-electron chi connectivity index (χ3n) is 2.11. The van der Waals surface area contributed by atoms with Crippen molar-refractivity contribution < 1.29 is 18.8 Å². The van der Waals surface area contributed by atoms with Gasteiger partial charge in [0, 0.05) is 18.7 Å². The van der Waals surface area contributed by atoms with E-state index in [1.807, 2.05) is 0 Å². The molecule has 0 spiro atoms. The Morgan fingerprint density at radius 1 is 1.56 bits per heavy atom. The van der Waals surface area contributed by atoms with E-state index in [-0.39, 0.29) is 24.4 Å². The number of amides is 1. The van der Waals surface area contributed by atoms with E-state index in [1.54, 1.807) is 6.92 Å². The van der Waals surface area contributed by atoms with Gasteiger partial charge in [0.25, 0.3) is 5.69 Å². The van der Waals surface area contributed by atoms with Crippen molar-refractivity contribution >= 4 is 17.3 Å². The maximum absolute atomic E-state index is 13.3. The van der Waals surface area contributed by atoms with Crippen molar-refractivity contribution in [3.8, 4) is 0 Å². The van der Waals surface area contributed by atoms with Crippen LogP contribution in [-0.4, -0.2) is 24.0 Å². The van der Waals surface area contributed by atoms with Crippen molar-refractivity contribution in [2.24, 2.45) is 0 Å². The number of nitrogens with zero attached hydrogens (tertiary/aromatic N) is 1. The molecule has 0 aliphatic carbocycles. The molecule has 1 aromatic rings. The maximum Gasteiger partial charge on any atom is 0.271 e. The first-order valence-electron chi connectivity index (χ1n) is 5.36. The van der Waals surface area contributed by atoms with Crippen molar-refractivity contribution in [1.29, 1.82) is 0 Å². The molecule has 0 saturated heterocycles. The maximum atomic E-state index is 13.3. The van der Waals surface area contributed by atoms with E-state index in [4.69, 9.17) is 4.74 Å². The molecule has 0 atom stereocenters. The third-order valence-corrected chi connectivity index (χ3v) is 2.11. The number of non-ortho nitro benzene ring substituents is 1. The Morgan fingerprint density at radius 2 is 2.28 bits per heavy atom. The van der Waals surface area contributed by atoms with Crippen molar-refractivity contribution in [1.82, 2.24) is 0 Å². The molecule has 98 valence electrons. The first-order chi connectivity index (χ1) is 8.54. The summed E-state index contributed by atoms with van der Waals surface area (Å²) < 4.78 is 18.3. The number of carbonyl (C=O) groups excluding carboxylic acids is 1. The van der Waals surface area contributed by atoms with Gasteiger partial charge in [-0.05, 0) is 13.0 Å². The van der Waals surface area contributed by atoms with Gasteiger partial charge in [0.1, 0.15) is 5.82 Å². The monoisotopic (exact) mass is 256 g/mol. The predicted octanol–water partition coefficient (Wildman–Crippen LogP) is 2.10. The number of carbonyl (C=O) groups is 1. The van der Waals surface area contributed by atoms with E-state index in [9.17, 15) is 19.3 Å². The number of rotatable bonds is 6. The van der Waals surface area contributed by atoms with Crippen LogP contribution in [0, 0.1) is 15.9 Å². The summed E-state index contributed by atoms with van der Waals surface area (Å²) in [6, 6.07) is 2.95. The summed E-state index contributed by atoms with van der Waals surface area (Å²) in [7, 11) is 0. The molecule has 6 nitrogen and oxygen atoms in total. The first kappa shape index (κ1) is 14.0. The molecule has 0 aliphatic heterocycles. The summed E-state index contributed by atoms with van der Waals surface area (Å²) in [6.45, 7) is 2.50. The van der Waals surface area contributed by atoms with Gasteiger partial charge in [-0.15, -0.1) is 0 Å². The second-order valence-corrected chi connectivity index (χ2v) is 3.42. The molecule has 0 fully saturated rings. The molecule has 1 rings (SSSR count). The third kappa shape index (κ3) is 4.10. The molecular formula is C11H13FN2O4. The van der Waals surface area contributed by atoms with Crippen molar-refractivity contribution in [2.75, 3.05) is 18.5 Å². The Morgan fingerprint density at radius 3 is 2.89 bits per heavy atom. The molecule has 0 aliphatic rings. The zero-order chi connectivity index (χ0) is 13.5. The molecule has 0 bridgehead atoms. The topological polar surface area (TPSA) is 81.5 Å². The van der Waals surface area contributed by atoms with E-state index in [0.717, 1.165) is 18.2 Å². The van der Waals surface area contributed by atoms with E-state index >= 15 is 0 Å². The molecular weight excluding hydrogens is 243 g/mol. The lowest BCUT2D eigenvalue weighted by Gasteiger charge is -2.06. The molecule has 0 aromatic heterocycles. The van der Waals surface area contributed by atoms with Crippen molar-refractivity contribution in [3.05, 3.63) is 34.1 Å². The molecule has 7 heteroatoms. The quantitative estimate of drug-likeness (QED) is 0.480. The summed E-state index contributed by atoms with van der Waals surface area (Å²) >= 11 is 0. The lowest BCUT2D eigenvalue weighted by atomic mass is 10.2. The average molecular weight is 256 g/mol. The lowest BCUT2D eigenvalue weighted by molar-refractivity contribution is -0.384. The van der Waals surface area contributed by atoms with Crippen LogP contribution in [0.25, 0.3) is 0 Å². The SMILES string of the molecule is CCOCCC(=O)Nc1cc([N+](=O)[O-])ccc1F. The smallest absolute Gasteiger partial charge is 0.271 e. The molecule has 18 heavy (non-hydrogen) atoms. The van der Waals surface area contributed by atoms with Crippen LogP contribution in [-0.2, 0) is 9.53 Å². The Balaban J connectivity index is 2.68. The van der Waals surface area contributed by atoms with Crippen LogP contribution >= 0.6 is 0 Å². The first-order valence-corrected chi connectivity index (χ1v) is 5.36. The fourth-order valence-corrected chi connectivity index (χ4v) is 1.24. The number of ether oxygens (including phenoxy) is 1. The molecule has 1 aromatic carbocycles. The number of hydrogen-bond acceptors (Lipinski definition) is 4. The van der Waals surface area contributed by atoms with Gasteiger partial charge >= 0.3 is 0 Å². The van der Waals surface area contributed by atoms with Crippen LogP contribution in [0.15, 0.2) is 18.2 Å². The lowest BCUT2D eigenvalue weighted by Crippen LogP contribution is -2.15. The van der Waals surface area contributed by atoms with E-state index in [2.05, 4.69) is 5.32 Å². The fourth-order valence-electron chi connectivity index (χ4n) is 1.24. The highest BCUT2D eigenvalue weighted by Gasteiger charge is 2.12. The molecule has 1 amide bonds. The molecule has 0 heterocycles. The molecule has 0 saturated carbocycles. The summed E-state index contributed by atoms with van der Waals surface area (Å²) in [5.41, 5.74) is -0.484. The van der Waals surface area contributed by atoms with Crippen LogP contribution in [0.3, 0.4) is 0 Å². The number of nitro benzene ring substituents is 1. The van der Waals surface area contributed by atoms with Gasteiger partial charge in [0.15, 0.2) is 0 Å². The fraction of sp³-hybridized carbons (Fsp3) is 0.364. The van der Waals surface area contributed by atoms with Crippen LogP contribution in [0.1, 0.15) is 13.3 Å². The van der Waals surface area contributed by atoms with Gasteiger partial charge in [-0.2, -0.15) is 0 Å². The summed E-state index contributed by atoms with van der Waals surface area (Å²) in [5.74, 6) is -1.17. The minimum atomic E-state index is -0.717. The second-order valence-electron chi connectivity index (χ2n) is 3.42. The largest absolute Gasteiger partial charge is 0.381 e. The summed E-state index contributed by atoms with van der Waals surface area (Å²) in [5, 5.41) is 12.8. The Hall–Kier alpha value is -2.02. The zero-order valence-corrected chi connectivity index (χ0v) is 9.81. The van der Waals surface area contributed by atoms with E-state index < -0.39 is 16.6 Å². The van der Waals surface area contributed by atoms with Crippen LogP contribution < -0.4 is 5.32 Å². The van der Waals surface area contributed by atoms with Gasteiger partial charge < -0.3 is 10.1 Å². The normalized spacial score (nSPS) is 10.1. The van der Waals surface area contributed by atoms with Crippen molar-refractivity contribution in [3.63, 3.8) is 0 Å². The number of halogens is 1. The number of hydrogen-bond donors (Lipinski definition) is 1. The number of anilines is 1. The highest BCUT2D eigenvalue weighted by atomic mass is 19.1. The second kappa shape index (κ2) is 6.65. The minimum absolute atomic E-state index is 0.0654. The van der Waals surface area contributed by atoms with E-state index in [1.165, 1.54) is 0 Å². The van der Waals surface area contributed by atoms with E-state index in [0.29, 0.717) is 6.61 Å². The predicted molar refractivity (Wildman–Crippen MR) is 62.8 cm³/mol. The standard InChI is InChI=1S/C11H13FN2O4/c1-2-18-6-5-11(15)13-10-7-8(14(16)17)3-4-9(10)12/h3-4,7H,2,5-6H2,1H3,(H,13,15).